The number of methoxy groups -OCH3 is 1. The molecule has 0 saturated carbocycles. The number of esters is 1. The predicted octanol–water partition coefficient (Wildman–Crippen LogP) is 3.91. The molecule has 0 bridgehead atoms. The van der Waals surface area contributed by atoms with Crippen molar-refractivity contribution in [3.8, 4) is 0 Å². The number of benzene rings is 3. The van der Waals surface area contributed by atoms with Gasteiger partial charge in [-0.2, -0.15) is 0 Å². The second-order valence-corrected chi connectivity index (χ2v) is 10.9. The van der Waals surface area contributed by atoms with Gasteiger partial charge in [0.25, 0.3) is 0 Å². The van der Waals surface area contributed by atoms with Gasteiger partial charge in [0.1, 0.15) is 17.1 Å². The van der Waals surface area contributed by atoms with Crippen molar-refractivity contribution < 1.29 is 24.2 Å². The fraction of sp³-hybridized carbons (Fsp3) is 0.194. The monoisotopic (exact) mass is 617 g/mol. The maximum atomic E-state index is 13.1. The molecule has 3 N–H and O–H groups in total. The number of carbonyl (C=O) groups is 3. The summed E-state index contributed by atoms with van der Waals surface area (Å²) in [4.78, 5) is 46.7. The van der Waals surface area contributed by atoms with Crippen LogP contribution in [0, 0.1) is 0 Å². The third kappa shape index (κ3) is 6.43. The highest BCUT2D eigenvalue weighted by Gasteiger charge is 2.39. The number of aromatic nitrogens is 3. The van der Waals surface area contributed by atoms with Crippen molar-refractivity contribution in [3.63, 3.8) is 0 Å². The number of hydrogen-bond acceptors (Lipinski definition) is 7. The van der Waals surface area contributed by atoms with Gasteiger partial charge in [0.05, 0.1) is 25.7 Å². The first-order chi connectivity index (χ1) is 22.3. The summed E-state index contributed by atoms with van der Waals surface area (Å²) in [5.74, 6) is -2.40. The van der Waals surface area contributed by atoms with Crippen LogP contribution in [-0.4, -0.2) is 57.2 Å². The first kappa shape index (κ1) is 31.8. The van der Waals surface area contributed by atoms with Crippen LogP contribution in [0.2, 0.25) is 0 Å². The van der Waals surface area contributed by atoms with E-state index >= 15 is 0 Å². The average molecular weight is 618 g/mol. The molecule has 0 aliphatic rings. The zero-order valence-electron chi connectivity index (χ0n) is 25.5. The van der Waals surface area contributed by atoms with E-state index in [4.69, 9.17) is 4.74 Å². The van der Waals surface area contributed by atoms with Gasteiger partial charge in [-0.3, -0.25) is 15.1 Å². The van der Waals surface area contributed by atoms with Crippen molar-refractivity contribution in [1.82, 2.24) is 25.2 Å². The highest BCUT2D eigenvalue weighted by molar-refractivity contribution is 5.87. The molecule has 0 aliphatic carbocycles. The Balaban J connectivity index is 1.44. The molecule has 2 aromatic heterocycles. The number of imidazole rings is 1. The maximum absolute atomic E-state index is 13.1. The van der Waals surface area contributed by atoms with Crippen molar-refractivity contribution in [2.45, 2.75) is 30.5 Å². The lowest BCUT2D eigenvalue weighted by Crippen LogP contribution is -2.52. The Morgan fingerprint density at radius 3 is 1.83 bits per heavy atom. The molecule has 0 fully saturated rings. The molecule has 234 valence electrons. The standard InChI is InChI=1S/C36H35N5O5/c1-35(34(44)45,26-18-20-37-21-19-26)39-23-32(42)40-31(33(43)46-2)22-30-24-41(25-38-30)36(27-12-6-3-7-13-27,28-14-8-4-9-15-28)29-16-10-5-11-17-29/h3-21,24-25,31,39H,22-23H2,1-2H3,(H,40,42)(H,44,45)/t31-,35?/m0/s1. The summed E-state index contributed by atoms with van der Waals surface area (Å²) in [7, 11) is 1.24. The fourth-order valence-corrected chi connectivity index (χ4v) is 5.67. The van der Waals surface area contributed by atoms with Crippen molar-refractivity contribution >= 4 is 17.8 Å². The number of amides is 1. The SMILES string of the molecule is COC(=O)[C@H](Cc1cn(C(c2ccccc2)(c2ccccc2)c2ccccc2)cn1)NC(=O)CNC(C)(C(=O)O)c1ccncc1. The van der Waals surface area contributed by atoms with E-state index in [0.717, 1.165) is 16.7 Å². The molecule has 2 atom stereocenters. The van der Waals surface area contributed by atoms with E-state index < -0.39 is 35.0 Å². The highest BCUT2D eigenvalue weighted by atomic mass is 16.5. The molecule has 0 radical (unpaired) electrons. The van der Waals surface area contributed by atoms with Crippen molar-refractivity contribution in [3.05, 3.63) is 156 Å². The Kier molecular flexibility index (Phi) is 9.68. The Hall–Kier alpha value is -5.61. The largest absolute Gasteiger partial charge is 0.480 e. The van der Waals surface area contributed by atoms with Crippen LogP contribution in [0.5, 0.6) is 0 Å². The van der Waals surface area contributed by atoms with Crippen molar-refractivity contribution in [1.29, 1.82) is 0 Å². The van der Waals surface area contributed by atoms with Crippen LogP contribution in [0.25, 0.3) is 0 Å². The zero-order chi connectivity index (χ0) is 32.6. The van der Waals surface area contributed by atoms with Gasteiger partial charge in [0.15, 0.2) is 0 Å². The van der Waals surface area contributed by atoms with Crippen LogP contribution in [0.3, 0.4) is 0 Å². The molecule has 10 nitrogen and oxygen atoms in total. The van der Waals surface area contributed by atoms with Gasteiger partial charge in [0, 0.05) is 25.0 Å². The van der Waals surface area contributed by atoms with E-state index in [0.29, 0.717) is 11.3 Å². The number of nitrogens with one attached hydrogen (secondary N) is 2. The zero-order valence-corrected chi connectivity index (χ0v) is 25.5. The summed E-state index contributed by atoms with van der Waals surface area (Å²) in [5.41, 5.74) is 1.65. The molecule has 5 aromatic rings. The first-order valence-electron chi connectivity index (χ1n) is 14.7. The number of rotatable bonds is 13. The number of carboxylic acid groups (broad SMARTS) is 1. The highest BCUT2D eigenvalue weighted by Crippen LogP contribution is 2.40. The number of pyridine rings is 1. The number of ether oxygens (including phenoxy) is 1. The van der Waals surface area contributed by atoms with Crippen molar-refractivity contribution in [2.75, 3.05) is 13.7 Å². The van der Waals surface area contributed by atoms with Gasteiger partial charge >= 0.3 is 11.9 Å². The van der Waals surface area contributed by atoms with Crippen LogP contribution in [0.1, 0.15) is 34.9 Å². The second-order valence-electron chi connectivity index (χ2n) is 10.9. The number of carboxylic acids is 1. The van der Waals surface area contributed by atoms with Crippen molar-refractivity contribution in [2.24, 2.45) is 0 Å². The van der Waals surface area contributed by atoms with E-state index in [1.54, 1.807) is 18.5 Å². The quantitative estimate of drug-likeness (QED) is 0.134. The predicted molar refractivity (Wildman–Crippen MR) is 172 cm³/mol. The normalized spacial score (nSPS) is 13.3. The maximum Gasteiger partial charge on any atom is 0.328 e. The summed E-state index contributed by atoms with van der Waals surface area (Å²) < 4.78 is 7.03. The molecule has 2 heterocycles. The smallest absolute Gasteiger partial charge is 0.328 e. The van der Waals surface area contributed by atoms with E-state index in [1.165, 1.54) is 26.4 Å². The van der Waals surface area contributed by atoms with Crippen LogP contribution >= 0.6 is 0 Å². The van der Waals surface area contributed by atoms with E-state index in [-0.39, 0.29) is 13.0 Å². The lowest BCUT2D eigenvalue weighted by molar-refractivity contribution is -0.146. The fourth-order valence-electron chi connectivity index (χ4n) is 5.67. The topological polar surface area (TPSA) is 135 Å². The van der Waals surface area contributed by atoms with E-state index in [1.807, 2.05) is 65.4 Å². The minimum absolute atomic E-state index is 0.0421. The minimum atomic E-state index is -1.56. The molecule has 1 amide bonds. The summed E-state index contributed by atoms with van der Waals surface area (Å²) in [6, 6.07) is 32.4. The second kappa shape index (κ2) is 14.0. The lowest BCUT2D eigenvalue weighted by Gasteiger charge is -2.37. The Bertz CT molecular complexity index is 1670. The molecular formula is C36H35N5O5. The van der Waals surface area contributed by atoms with Gasteiger partial charge in [-0.25, -0.2) is 14.6 Å². The summed E-state index contributed by atoms with van der Waals surface area (Å²) in [6.45, 7) is 1.09. The van der Waals surface area contributed by atoms with Gasteiger partial charge in [-0.1, -0.05) is 91.0 Å². The van der Waals surface area contributed by atoms with Crippen LogP contribution in [-0.2, 0) is 36.6 Å². The number of hydrogen-bond donors (Lipinski definition) is 3. The molecule has 0 aliphatic heterocycles. The third-order valence-electron chi connectivity index (χ3n) is 8.12. The molecule has 1 unspecified atom stereocenters. The Morgan fingerprint density at radius 1 is 0.826 bits per heavy atom. The molecule has 10 heteroatoms. The van der Waals surface area contributed by atoms with Gasteiger partial charge in [-0.05, 0) is 41.3 Å². The summed E-state index contributed by atoms with van der Waals surface area (Å²) in [6.07, 6.45) is 6.60. The third-order valence-corrected chi connectivity index (χ3v) is 8.12. The molecule has 0 saturated heterocycles. The Morgan fingerprint density at radius 2 is 1.35 bits per heavy atom. The van der Waals surface area contributed by atoms with E-state index in [9.17, 15) is 19.5 Å². The Labute approximate surface area is 267 Å². The number of aliphatic carboxylic acids is 1. The van der Waals surface area contributed by atoms with Gasteiger partial charge < -0.3 is 19.7 Å². The number of nitrogens with zero attached hydrogens (tertiary/aromatic N) is 3. The first-order valence-corrected chi connectivity index (χ1v) is 14.7. The molecule has 46 heavy (non-hydrogen) atoms. The van der Waals surface area contributed by atoms with Gasteiger partial charge in [-0.15, -0.1) is 0 Å². The average Bonchev–Trinajstić information content (AvgIpc) is 3.57. The van der Waals surface area contributed by atoms with Crippen LogP contribution in [0.15, 0.2) is 128 Å². The van der Waals surface area contributed by atoms with Crippen LogP contribution in [0.4, 0.5) is 0 Å². The molecular weight excluding hydrogens is 582 g/mol. The number of carbonyl (C=O) groups excluding carboxylic acids is 2. The van der Waals surface area contributed by atoms with E-state index in [2.05, 4.69) is 57.0 Å². The van der Waals surface area contributed by atoms with Crippen LogP contribution < -0.4 is 10.6 Å². The molecule has 0 spiro atoms. The molecule has 5 rings (SSSR count). The minimum Gasteiger partial charge on any atom is -0.480 e. The summed E-state index contributed by atoms with van der Waals surface area (Å²) in [5, 5.41) is 15.4. The molecule has 3 aromatic carbocycles. The lowest BCUT2D eigenvalue weighted by atomic mass is 9.77. The summed E-state index contributed by atoms with van der Waals surface area (Å²) >= 11 is 0. The van der Waals surface area contributed by atoms with Gasteiger partial charge in [0.2, 0.25) is 5.91 Å².